The predicted octanol–water partition coefficient (Wildman–Crippen LogP) is 0.873. The van der Waals surface area contributed by atoms with Crippen LogP contribution in [0.1, 0.15) is 6.42 Å². The van der Waals surface area contributed by atoms with E-state index < -0.39 is 10.3 Å². The first-order valence-electron chi connectivity index (χ1n) is 3.32. The zero-order valence-corrected chi connectivity index (χ0v) is 8.34. The van der Waals surface area contributed by atoms with E-state index in [4.69, 9.17) is 11.6 Å². The molecule has 0 saturated carbocycles. The van der Waals surface area contributed by atoms with Crippen molar-refractivity contribution in [2.24, 2.45) is 9.39 Å². The molecule has 0 atom stereocenters. The molecule has 0 saturated heterocycles. The average Bonchev–Trinajstić information content (AvgIpc) is 2.09. The molecule has 5 nitrogen and oxygen atoms in total. The van der Waals surface area contributed by atoms with Gasteiger partial charge in [0.1, 0.15) is 5.16 Å². The molecule has 0 unspecified atom stereocenters. The molecule has 1 rings (SSSR count). The summed E-state index contributed by atoms with van der Waals surface area (Å²) < 4.78 is 29.1. The van der Waals surface area contributed by atoms with E-state index in [0.29, 0.717) is 17.3 Å². The number of allylic oxidation sites excluding steroid dienone is 1. The van der Waals surface area contributed by atoms with Crippen LogP contribution in [0.25, 0.3) is 0 Å². The molecule has 0 spiro atoms. The summed E-state index contributed by atoms with van der Waals surface area (Å²) >= 11 is 5.51. The van der Waals surface area contributed by atoms with Gasteiger partial charge in [-0.15, -0.1) is 4.40 Å². The van der Waals surface area contributed by atoms with Crippen molar-refractivity contribution in [3.05, 3.63) is 11.2 Å². The molecule has 0 fully saturated rings. The van der Waals surface area contributed by atoms with Crippen LogP contribution in [0.3, 0.4) is 0 Å². The molecule has 0 N–H and O–H groups in total. The van der Waals surface area contributed by atoms with Crippen LogP contribution in [-0.4, -0.2) is 27.5 Å². The Morgan fingerprint density at radius 1 is 1.69 bits per heavy atom. The highest BCUT2D eigenvalue weighted by Gasteiger charge is 2.09. The van der Waals surface area contributed by atoms with Gasteiger partial charge in [0.05, 0.1) is 19.0 Å². The lowest BCUT2D eigenvalue weighted by atomic mass is 10.2. The number of halogens is 1. The first-order valence-corrected chi connectivity index (χ1v) is 5.07. The predicted molar refractivity (Wildman–Crippen MR) is 50.4 cm³/mol. The molecular weight excluding hydrogens is 216 g/mol. The lowest BCUT2D eigenvalue weighted by Crippen LogP contribution is -2.08. The van der Waals surface area contributed by atoms with Crippen LogP contribution in [-0.2, 0) is 14.5 Å². The highest BCUT2D eigenvalue weighted by Crippen LogP contribution is 2.09. The third-order valence-electron chi connectivity index (χ3n) is 1.26. The van der Waals surface area contributed by atoms with Crippen molar-refractivity contribution in [3.8, 4) is 0 Å². The Hall–Kier alpha value is -0.720. The summed E-state index contributed by atoms with van der Waals surface area (Å²) in [5.74, 6) is 0. The third kappa shape index (κ3) is 3.25. The maximum Gasteiger partial charge on any atom is 0.380 e. The van der Waals surface area contributed by atoms with Crippen LogP contribution >= 0.6 is 11.6 Å². The Morgan fingerprint density at radius 3 is 2.85 bits per heavy atom. The molecule has 7 heteroatoms. The van der Waals surface area contributed by atoms with Gasteiger partial charge in [-0.2, -0.15) is 8.42 Å². The molecule has 72 valence electrons. The topological polar surface area (TPSA) is 68.1 Å². The van der Waals surface area contributed by atoms with E-state index in [-0.39, 0.29) is 0 Å². The van der Waals surface area contributed by atoms with E-state index in [1.807, 2.05) is 0 Å². The molecule has 1 aliphatic heterocycles. The largest absolute Gasteiger partial charge is 0.380 e. The average molecular weight is 223 g/mol. The summed E-state index contributed by atoms with van der Waals surface area (Å²) in [6.07, 6.45) is 3.19. The minimum atomic E-state index is -3.81. The van der Waals surface area contributed by atoms with E-state index in [2.05, 4.69) is 13.6 Å². The Bertz CT molecular complexity index is 383. The summed E-state index contributed by atoms with van der Waals surface area (Å²) in [5, 5.41) is 0.328. The molecule has 0 radical (unpaired) electrons. The van der Waals surface area contributed by atoms with Crippen LogP contribution in [0.4, 0.5) is 0 Å². The molecular formula is C6H7ClN2O3S. The Labute approximate surface area is 81.0 Å². The molecule has 13 heavy (non-hydrogen) atoms. The Kier molecular flexibility index (Phi) is 3.18. The van der Waals surface area contributed by atoms with E-state index in [9.17, 15) is 8.42 Å². The zero-order chi connectivity index (χ0) is 9.90. The molecule has 0 aromatic carbocycles. The van der Waals surface area contributed by atoms with Gasteiger partial charge in [0.25, 0.3) is 0 Å². The normalized spacial score (nSPS) is 20.5. The SMILES string of the molecule is COS(=O)(=O)N=C1C=NC(Cl)=CC1. The van der Waals surface area contributed by atoms with Crippen molar-refractivity contribution < 1.29 is 12.6 Å². The summed E-state index contributed by atoms with van der Waals surface area (Å²) in [5.41, 5.74) is 0.297. The van der Waals surface area contributed by atoms with Crippen molar-refractivity contribution in [1.82, 2.24) is 0 Å². The van der Waals surface area contributed by atoms with Crippen molar-refractivity contribution in [1.29, 1.82) is 0 Å². The second kappa shape index (κ2) is 3.99. The van der Waals surface area contributed by atoms with E-state index >= 15 is 0 Å². The highest BCUT2D eigenvalue weighted by molar-refractivity contribution is 7.85. The molecule has 0 aromatic rings. The molecule has 0 amide bonds. The number of aliphatic imine (C=N–C) groups is 1. The van der Waals surface area contributed by atoms with E-state index in [1.54, 1.807) is 6.08 Å². The maximum atomic E-state index is 10.8. The quantitative estimate of drug-likeness (QED) is 0.651. The van der Waals surface area contributed by atoms with Crippen molar-refractivity contribution in [2.45, 2.75) is 6.42 Å². The van der Waals surface area contributed by atoms with Crippen LogP contribution < -0.4 is 0 Å². The van der Waals surface area contributed by atoms with Gasteiger partial charge in [-0.05, 0) is 6.08 Å². The van der Waals surface area contributed by atoms with Gasteiger partial charge in [-0.1, -0.05) is 11.6 Å². The molecule has 1 heterocycles. The number of nitrogens with zero attached hydrogens (tertiary/aromatic N) is 2. The fourth-order valence-corrected chi connectivity index (χ4v) is 1.28. The number of rotatable bonds is 2. The minimum absolute atomic E-state index is 0.297. The van der Waals surface area contributed by atoms with Crippen LogP contribution in [0.15, 0.2) is 20.6 Å². The number of hydrogen-bond donors (Lipinski definition) is 0. The van der Waals surface area contributed by atoms with E-state index in [1.165, 1.54) is 6.21 Å². The second-order valence-electron chi connectivity index (χ2n) is 2.17. The van der Waals surface area contributed by atoms with Gasteiger partial charge in [-0.3, -0.25) is 4.18 Å². The van der Waals surface area contributed by atoms with Crippen molar-refractivity contribution in [2.75, 3.05) is 7.11 Å². The molecule has 1 aliphatic rings. The smallest absolute Gasteiger partial charge is 0.256 e. The second-order valence-corrected chi connectivity index (χ2v) is 3.92. The minimum Gasteiger partial charge on any atom is -0.256 e. The van der Waals surface area contributed by atoms with Gasteiger partial charge in [0.15, 0.2) is 0 Å². The van der Waals surface area contributed by atoms with Crippen LogP contribution in [0.2, 0.25) is 0 Å². The fourth-order valence-electron chi connectivity index (χ4n) is 0.672. The van der Waals surface area contributed by atoms with Gasteiger partial charge in [-0.25, -0.2) is 4.99 Å². The lowest BCUT2D eigenvalue weighted by molar-refractivity contribution is 0.399. The van der Waals surface area contributed by atoms with Crippen molar-refractivity contribution in [3.63, 3.8) is 0 Å². The molecule has 0 aromatic heterocycles. The highest BCUT2D eigenvalue weighted by atomic mass is 35.5. The monoisotopic (exact) mass is 222 g/mol. The Morgan fingerprint density at radius 2 is 2.38 bits per heavy atom. The maximum absolute atomic E-state index is 10.8. The lowest BCUT2D eigenvalue weighted by Gasteiger charge is -2.01. The fraction of sp³-hybridized carbons (Fsp3) is 0.333. The Balaban J connectivity index is 2.84. The standard InChI is InChI=1S/C6H7ClN2O3S/c1-12-13(10,11)9-5-2-3-6(7)8-4-5/h3-4H,2H2,1H3. The molecule has 0 aliphatic carbocycles. The number of hydrogen-bond acceptors (Lipinski definition) is 4. The zero-order valence-electron chi connectivity index (χ0n) is 6.77. The van der Waals surface area contributed by atoms with Crippen LogP contribution in [0, 0.1) is 0 Å². The van der Waals surface area contributed by atoms with Crippen molar-refractivity contribution >= 4 is 33.8 Å². The van der Waals surface area contributed by atoms with Gasteiger partial charge in [0, 0.05) is 6.42 Å². The first kappa shape index (κ1) is 10.4. The van der Waals surface area contributed by atoms with Gasteiger partial charge < -0.3 is 0 Å². The van der Waals surface area contributed by atoms with E-state index in [0.717, 1.165) is 7.11 Å². The summed E-state index contributed by atoms with van der Waals surface area (Å²) in [6.45, 7) is 0. The van der Waals surface area contributed by atoms with Gasteiger partial charge >= 0.3 is 10.3 Å². The summed E-state index contributed by atoms with van der Waals surface area (Å²) in [6, 6.07) is 0. The van der Waals surface area contributed by atoms with Gasteiger partial charge in [0.2, 0.25) is 0 Å². The summed E-state index contributed by atoms with van der Waals surface area (Å²) in [7, 11) is -2.77. The summed E-state index contributed by atoms with van der Waals surface area (Å²) in [4.78, 5) is 3.68. The van der Waals surface area contributed by atoms with Crippen LogP contribution in [0.5, 0.6) is 0 Å². The molecule has 0 bridgehead atoms. The first-order chi connectivity index (χ1) is 6.03. The third-order valence-corrected chi connectivity index (χ3v) is 2.39.